The Labute approximate surface area is 186 Å². The number of likely N-dealkylation sites (tertiary alicyclic amines) is 1. The van der Waals surface area contributed by atoms with E-state index < -0.39 is 0 Å². The van der Waals surface area contributed by atoms with Crippen LogP contribution >= 0.6 is 0 Å². The Balaban J connectivity index is 1.36. The van der Waals surface area contributed by atoms with Crippen molar-refractivity contribution in [3.05, 3.63) is 66.0 Å². The lowest BCUT2D eigenvalue weighted by Gasteiger charge is -2.28. The zero-order valence-electron chi connectivity index (χ0n) is 18.3. The van der Waals surface area contributed by atoms with E-state index in [1.807, 2.05) is 31.4 Å². The average Bonchev–Trinajstić information content (AvgIpc) is 3.25. The SMILES string of the molecule is CN1CCC(c2cc(C(=O)Cc3cc4cc(-c5cn(C)nn5)ncc4cn3)ccn2)CC1. The summed E-state index contributed by atoms with van der Waals surface area (Å²) in [5.41, 5.74) is 3.91. The van der Waals surface area contributed by atoms with Crippen LogP contribution in [0.2, 0.25) is 0 Å². The fourth-order valence-electron chi connectivity index (χ4n) is 4.20. The Bertz CT molecular complexity index is 1270. The molecule has 0 atom stereocenters. The number of rotatable bonds is 5. The van der Waals surface area contributed by atoms with Crippen LogP contribution in [-0.4, -0.2) is 60.8 Å². The second-order valence-electron chi connectivity index (χ2n) is 8.52. The van der Waals surface area contributed by atoms with Gasteiger partial charge in [-0.2, -0.15) is 0 Å². The molecular weight excluding hydrogens is 402 g/mol. The minimum absolute atomic E-state index is 0.0524. The fraction of sp³-hybridized carbons (Fsp3) is 0.333. The lowest BCUT2D eigenvalue weighted by molar-refractivity contribution is 0.0991. The van der Waals surface area contributed by atoms with Gasteiger partial charge in [-0.3, -0.25) is 24.4 Å². The van der Waals surface area contributed by atoms with Crippen molar-refractivity contribution in [3.63, 3.8) is 0 Å². The van der Waals surface area contributed by atoms with E-state index in [1.165, 1.54) is 0 Å². The molecule has 0 spiro atoms. The highest BCUT2D eigenvalue weighted by Gasteiger charge is 2.20. The smallest absolute Gasteiger partial charge is 0.168 e. The third-order valence-corrected chi connectivity index (χ3v) is 6.11. The van der Waals surface area contributed by atoms with Crippen LogP contribution in [-0.2, 0) is 13.5 Å². The Morgan fingerprint density at radius 1 is 1.00 bits per heavy atom. The van der Waals surface area contributed by atoms with Gasteiger partial charge in [-0.1, -0.05) is 5.21 Å². The largest absolute Gasteiger partial charge is 0.306 e. The molecule has 32 heavy (non-hydrogen) atoms. The highest BCUT2D eigenvalue weighted by atomic mass is 16.1. The molecule has 0 unspecified atom stereocenters. The second kappa shape index (κ2) is 8.55. The van der Waals surface area contributed by atoms with E-state index in [0.717, 1.165) is 53.8 Å². The fourth-order valence-corrected chi connectivity index (χ4v) is 4.20. The van der Waals surface area contributed by atoms with Gasteiger partial charge in [-0.25, -0.2) is 0 Å². The van der Waals surface area contributed by atoms with Gasteiger partial charge >= 0.3 is 0 Å². The molecule has 0 amide bonds. The monoisotopic (exact) mass is 427 g/mol. The number of carbonyl (C=O) groups is 1. The van der Waals surface area contributed by atoms with Gasteiger partial charge in [0.25, 0.3) is 0 Å². The zero-order valence-corrected chi connectivity index (χ0v) is 18.3. The van der Waals surface area contributed by atoms with Crippen molar-refractivity contribution in [3.8, 4) is 11.4 Å². The van der Waals surface area contributed by atoms with Crippen LogP contribution in [0.5, 0.6) is 0 Å². The highest BCUT2D eigenvalue weighted by molar-refractivity contribution is 5.97. The summed E-state index contributed by atoms with van der Waals surface area (Å²) in [6.45, 7) is 2.13. The summed E-state index contributed by atoms with van der Waals surface area (Å²) in [5.74, 6) is 0.474. The minimum atomic E-state index is 0.0524. The topological polar surface area (TPSA) is 89.7 Å². The average molecular weight is 428 g/mol. The molecule has 1 fully saturated rings. The molecule has 0 radical (unpaired) electrons. The molecule has 4 aromatic heterocycles. The Hall–Kier alpha value is -3.52. The maximum atomic E-state index is 13.0. The van der Waals surface area contributed by atoms with Crippen molar-refractivity contribution >= 4 is 16.6 Å². The number of aromatic nitrogens is 6. The molecule has 0 bridgehead atoms. The van der Waals surface area contributed by atoms with Gasteiger partial charge in [0.2, 0.25) is 0 Å². The van der Waals surface area contributed by atoms with Gasteiger partial charge in [-0.05, 0) is 62.6 Å². The first kappa shape index (κ1) is 20.4. The molecule has 1 aliphatic heterocycles. The number of hydrogen-bond donors (Lipinski definition) is 0. The number of pyridine rings is 3. The number of fused-ring (bicyclic) bond motifs is 1. The summed E-state index contributed by atoms with van der Waals surface area (Å²) >= 11 is 0. The van der Waals surface area contributed by atoms with Crippen molar-refractivity contribution in [2.75, 3.05) is 20.1 Å². The van der Waals surface area contributed by atoms with Gasteiger partial charge in [0.1, 0.15) is 5.69 Å². The first-order valence-electron chi connectivity index (χ1n) is 10.8. The number of Topliss-reactive ketones (excluding diaryl/α,β-unsaturated/α-hetero) is 1. The molecular formula is C24H25N7O. The van der Waals surface area contributed by atoms with E-state index in [-0.39, 0.29) is 12.2 Å². The van der Waals surface area contributed by atoms with E-state index in [0.29, 0.717) is 17.2 Å². The van der Waals surface area contributed by atoms with E-state index in [1.54, 1.807) is 29.3 Å². The third-order valence-electron chi connectivity index (χ3n) is 6.11. The van der Waals surface area contributed by atoms with Crippen LogP contribution in [0.3, 0.4) is 0 Å². The first-order valence-corrected chi connectivity index (χ1v) is 10.8. The van der Waals surface area contributed by atoms with Crippen LogP contribution in [0, 0.1) is 0 Å². The summed E-state index contributed by atoms with van der Waals surface area (Å²) in [4.78, 5) is 28.8. The van der Waals surface area contributed by atoms with Crippen molar-refractivity contribution < 1.29 is 4.79 Å². The molecule has 8 heteroatoms. The van der Waals surface area contributed by atoms with Gasteiger partial charge in [0.05, 0.1) is 18.3 Å². The molecule has 1 aliphatic rings. The predicted molar refractivity (Wildman–Crippen MR) is 121 cm³/mol. The Morgan fingerprint density at radius 2 is 1.81 bits per heavy atom. The summed E-state index contributed by atoms with van der Waals surface area (Å²) in [6, 6.07) is 7.68. The van der Waals surface area contributed by atoms with Gasteiger partial charge in [0, 0.05) is 53.9 Å². The molecule has 5 rings (SSSR count). The van der Waals surface area contributed by atoms with Crippen molar-refractivity contribution in [2.45, 2.75) is 25.2 Å². The molecule has 0 saturated carbocycles. The normalized spacial score (nSPS) is 15.3. The van der Waals surface area contributed by atoms with Crippen molar-refractivity contribution in [2.24, 2.45) is 7.05 Å². The molecule has 0 N–H and O–H groups in total. The van der Waals surface area contributed by atoms with Gasteiger partial charge in [-0.15, -0.1) is 5.10 Å². The van der Waals surface area contributed by atoms with Gasteiger partial charge < -0.3 is 4.90 Å². The van der Waals surface area contributed by atoms with E-state index >= 15 is 0 Å². The molecule has 8 nitrogen and oxygen atoms in total. The molecule has 0 aromatic carbocycles. The van der Waals surface area contributed by atoms with Crippen molar-refractivity contribution in [1.29, 1.82) is 0 Å². The Morgan fingerprint density at radius 3 is 2.59 bits per heavy atom. The lowest BCUT2D eigenvalue weighted by Crippen LogP contribution is -2.29. The van der Waals surface area contributed by atoms with Crippen LogP contribution in [0.15, 0.2) is 49.1 Å². The van der Waals surface area contributed by atoms with Crippen LogP contribution in [0.4, 0.5) is 0 Å². The van der Waals surface area contributed by atoms with E-state index in [2.05, 4.69) is 37.2 Å². The standard InChI is InChI=1S/C24H25N7O/c1-30-7-4-16(5-8-30)21-10-17(3-6-25-21)24(32)12-20-9-18-11-22(23-15-31(2)29-28-23)27-14-19(18)13-26-20/h3,6,9-11,13-16H,4-5,7-8,12H2,1-2H3. The van der Waals surface area contributed by atoms with Crippen LogP contribution in [0.1, 0.15) is 40.5 Å². The first-order chi connectivity index (χ1) is 15.5. The second-order valence-corrected chi connectivity index (χ2v) is 8.52. The minimum Gasteiger partial charge on any atom is -0.306 e. The van der Waals surface area contributed by atoms with E-state index in [4.69, 9.17) is 0 Å². The number of carbonyl (C=O) groups excluding carboxylic acids is 1. The molecule has 5 heterocycles. The van der Waals surface area contributed by atoms with Crippen LogP contribution in [0.25, 0.3) is 22.2 Å². The predicted octanol–water partition coefficient (Wildman–Crippen LogP) is 3.05. The maximum Gasteiger partial charge on any atom is 0.168 e. The lowest BCUT2D eigenvalue weighted by atomic mass is 9.92. The molecule has 1 saturated heterocycles. The summed E-state index contributed by atoms with van der Waals surface area (Å²) in [6.07, 6.45) is 9.52. The maximum absolute atomic E-state index is 13.0. The van der Waals surface area contributed by atoms with Gasteiger partial charge in [0.15, 0.2) is 5.78 Å². The number of piperidine rings is 1. The number of hydrogen-bond acceptors (Lipinski definition) is 7. The summed E-state index contributed by atoms with van der Waals surface area (Å²) < 4.78 is 1.65. The quantitative estimate of drug-likeness (QED) is 0.452. The summed E-state index contributed by atoms with van der Waals surface area (Å²) in [5, 5.41) is 9.99. The molecule has 4 aromatic rings. The molecule has 0 aliphatic carbocycles. The number of aryl methyl sites for hydroxylation is 1. The molecule has 162 valence electrons. The third kappa shape index (κ3) is 4.27. The zero-order chi connectivity index (χ0) is 22.1. The highest BCUT2D eigenvalue weighted by Crippen LogP contribution is 2.27. The number of ketones is 1. The summed E-state index contributed by atoms with van der Waals surface area (Å²) in [7, 11) is 3.97. The van der Waals surface area contributed by atoms with Crippen molar-refractivity contribution in [1.82, 2.24) is 34.8 Å². The Kier molecular flexibility index (Phi) is 5.45. The van der Waals surface area contributed by atoms with Crippen LogP contribution < -0.4 is 0 Å². The van der Waals surface area contributed by atoms with E-state index in [9.17, 15) is 4.79 Å². The number of nitrogens with zero attached hydrogens (tertiary/aromatic N) is 7.